The van der Waals surface area contributed by atoms with Gasteiger partial charge >= 0.3 is 0 Å². The molecule has 1 N–H and O–H groups in total. The molecule has 0 unspecified atom stereocenters. The Hall–Kier alpha value is -2.49. The van der Waals surface area contributed by atoms with Crippen molar-refractivity contribution in [2.24, 2.45) is 15.0 Å². The predicted molar refractivity (Wildman–Crippen MR) is 90.5 cm³/mol. The van der Waals surface area contributed by atoms with Gasteiger partial charge in [0.1, 0.15) is 5.70 Å². The van der Waals surface area contributed by atoms with Crippen molar-refractivity contribution in [1.29, 1.82) is 0 Å². The molecule has 0 bridgehead atoms. The van der Waals surface area contributed by atoms with Crippen LogP contribution >= 0.6 is 0 Å². The number of likely N-dealkylation sites (N-methyl/N-ethyl adjacent to an activating group) is 1. The van der Waals surface area contributed by atoms with Crippen molar-refractivity contribution in [1.82, 2.24) is 5.32 Å². The van der Waals surface area contributed by atoms with Gasteiger partial charge in [-0.15, -0.1) is 0 Å². The molecule has 0 radical (unpaired) electrons. The van der Waals surface area contributed by atoms with E-state index in [1.807, 2.05) is 26.0 Å². The van der Waals surface area contributed by atoms with Crippen LogP contribution in [0, 0.1) is 0 Å². The van der Waals surface area contributed by atoms with E-state index in [0.29, 0.717) is 22.9 Å². The first-order valence-corrected chi connectivity index (χ1v) is 6.23. The number of hydrogen-bond donors (Lipinski definition) is 1. The van der Waals surface area contributed by atoms with E-state index in [1.165, 1.54) is 0 Å². The molecule has 0 aromatic heterocycles. The molecule has 0 rings (SSSR count). The van der Waals surface area contributed by atoms with Gasteiger partial charge in [0.25, 0.3) is 0 Å². The van der Waals surface area contributed by atoms with Crippen LogP contribution in [0.4, 0.5) is 0 Å². The molecule has 0 spiro atoms. The number of allylic oxidation sites excluding steroid dienone is 4. The van der Waals surface area contributed by atoms with Gasteiger partial charge in [-0.3, -0.25) is 9.98 Å². The van der Waals surface area contributed by atoms with Gasteiger partial charge in [0, 0.05) is 19.5 Å². The summed E-state index contributed by atoms with van der Waals surface area (Å²) in [6, 6.07) is 0. The first-order valence-electron chi connectivity index (χ1n) is 6.23. The lowest BCUT2D eigenvalue weighted by atomic mass is 10.3. The van der Waals surface area contributed by atoms with Gasteiger partial charge in [-0.25, -0.2) is 4.99 Å². The molecule has 106 valence electrons. The minimum atomic E-state index is 0.545. The lowest BCUT2D eigenvalue weighted by Crippen LogP contribution is -2.20. The molecule has 0 aliphatic carbocycles. The van der Waals surface area contributed by atoms with E-state index >= 15 is 0 Å². The number of amidine groups is 1. The van der Waals surface area contributed by atoms with Crippen LogP contribution in [0.5, 0.6) is 0 Å². The molecule has 0 heterocycles. The normalized spacial score (nSPS) is 13.8. The largest absolute Gasteiger partial charge is 0.371 e. The van der Waals surface area contributed by atoms with Crippen LogP contribution < -0.4 is 5.32 Å². The van der Waals surface area contributed by atoms with Crippen molar-refractivity contribution in [3.8, 4) is 0 Å². The zero-order valence-electron chi connectivity index (χ0n) is 12.4. The fourth-order valence-electron chi connectivity index (χ4n) is 1.29. The summed E-state index contributed by atoms with van der Waals surface area (Å²) >= 11 is 0. The van der Waals surface area contributed by atoms with Gasteiger partial charge in [0.2, 0.25) is 0 Å². The van der Waals surface area contributed by atoms with E-state index in [9.17, 15) is 0 Å². The Labute approximate surface area is 121 Å². The fourth-order valence-corrected chi connectivity index (χ4v) is 1.29. The van der Waals surface area contributed by atoms with E-state index in [1.54, 1.807) is 31.6 Å². The molecular weight excluding hydrogens is 248 g/mol. The summed E-state index contributed by atoms with van der Waals surface area (Å²) in [7, 11) is 1.78. The molecule has 0 fully saturated rings. The molecule has 4 heteroatoms. The highest BCUT2D eigenvalue weighted by Crippen LogP contribution is 2.12. The van der Waals surface area contributed by atoms with E-state index in [2.05, 4.69) is 40.0 Å². The number of rotatable bonds is 7. The third-order valence-corrected chi connectivity index (χ3v) is 2.21. The molecule has 0 saturated carbocycles. The minimum Gasteiger partial charge on any atom is -0.371 e. The zero-order valence-corrected chi connectivity index (χ0v) is 12.4. The average Bonchev–Trinajstić information content (AvgIpc) is 2.47. The van der Waals surface area contributed by atoms with Crippen LogP contribution in [0.15, 0.2) is 76.1 Å². The van der Waals surface area contributed by atoms with Crippen molar-refractivity contribution >= 4 is 18.3 Å². The summed E-state index contributed by atoms with van der Waals surface area (Å²) < 4.78 is 0. The highest BCUT2D eigenvalue weighted by atomic mass is 15.0. The van der Waals surface area contributed by atoms with Crippen molar-refractivity contribution in [3.05, 3.63) is 61.1 Å². The smallest absolute Gasteiger partial charge is 0.152 e. The Balaban J connectivity index is 5.37. The van der Waals surface area contributed by atoms with Crippen molar-refractivity contribution < 1.29 is 0 Å². The van der Waals surface area contributed by atoms with Crippen LogP contribution in [0.1, 0.15) is 13.8 Å². The quantitative estimate of drug-likeness (QED) is 0.430. The average molecular weight is 270 g/mol. The van der Waals surface area contributed by atoms with E-state index < -0.39 is 0 Å². The van der Waals surface area contributed by atoms with Gasteiger partial charge in [-0.05, 0) is 13.8 Å². The van der Waals surface area contributed by atoms with Crippen molar-refractivity contribution in [3.63, 3.8) is 0 Å². The molecule has 20 heavy (non-hydrogen) atoms. The maximum absolute atomic E-state index is 4.42. The second-order valence-electron chi connectivity index (χ2n) is 3.53. The van der Waals surface area contributed by atoms with Crippen LogP contribution in [0.3, 0.4) is 0 Å². The molecule has 0 aromatic carbocycles. The van der Waals surface area contributed by atoms with E-state index in [-0.39, 0.29) is 0 Å². The van der Waals surface area contributed by atoms with Crippen molar-refractivity contribution in [2.75, 3.05) is 7.05 Å². The second kappa shape index (κ2) is 10.4. The summed E-state index contributed by atoms with van der Waals surface area (Å²) in [4.78, 5) is 12.9. The Morgan fingerprint density at radius 2 is 1.45 bits per heavy atom. The summed E-state index contributed by atoms with van der Waals surface area (Å²) in [6.45, 7) is 14.9. The molecule has 0 amide bonds. The first-order chi connectivity index (χ1) is 9.64. The lowest BCUT2D eigenvalue weighted by molar-refractivity contribution is 1.12. The van der Waals surface area contributed by atoms with Gasteiger partial charge in [-0.2, -0.15) is 0 Å². The summed E-state index contributed by atoms with van der Waals surface area (Å²) in [5, 5.41) is 3.00. The molecule has 0 aromatic rings. The SMILES string of the molecule is C=C/C=N\C(=C/C)C(=C)/N=C(NC)/C(=C/C)/N=C\C=C. The number of aliphatic imine (C=N–C) groups is 3. The fraction of sp³-hybridized carbons (Fsp3) is 0.188. The third kappa shape index (κ3) is 5.91. The van der Waals surface area contributed by atoms with Gasteiger partial charge in [0.15, 0.2) is 5.84 Å². The topological polar surface area (TPSA) is 49.1 Å². The molecule has 0 saturated heterocycles. The van der Waals surface area contributed by atoms with Gasteiger partial charge in [-0.1, -0.05) is 44.0 Å². The van der Waals surface area contributed by atoms with E-state index in [4.69, 9.17) is 0 Å². The zero-order chi connectivity index (χ0) is 15.4. The summed E-state index contributed by atoms with van der Waals surface area (Å²) in [5.74, 6) is 0.615. The number of nitrogens with zero attached hydrogens (tertiary/aromatic N) is 3. The van der Waals surface area contributed by atoms with Gasteiger partial charge < -0.3 is 5.32 Å². The molecule has 0 aliphatic heterocycles. The number of hydrogen-bond acceptors (Lipinski definition) is 3. The first kappa shape index (κ1) is 17.5. The van der Waals surface area contributed by atoms with Gasteiger partial charge in [0.05, 0.1) is 11.4 Å². The van der Waals surface area contributed by atoms with E-state index in [0.717, 1.165) is 0 Å². The Bertz CT molecular complexity index is 503. The molecule has 0 atom stereocenters. The monoisotopic (exact) mass is 270 g/mol. The number of nitrogens with one attached hydrogen (secondary N) is 1. The standard InChI is InChI=1S/C16H22N4/c1-7-11-18-14(9-3)13(5)20-16(17-6)15(10-4)19-12-8-2/h7-12H,1-2,5H2,3-4,6H3,(H,17,20)/b14-9-,15-10-,18-11-,19-12-. The minimum absolute atomic E-state index is 0.545. The Kier molecular flexibility index (Phi) is 9.14. The predicted octanol–water partition coefficient (Wildman–Crippen LogP) is 3.44. The molecular formula is C16H22N4. The third-order valence-electron chi connectivity index (χ3n) is 2.21. The van der Waals surface area contributed by atoms with Crippen LogP contribution in [-0.4, -0.2) is 25.3 Å². The maximum atomic E-state index is 4.42. The highest BCUT2D eigenvalue weighted by Gasteiger charge is 2.05. The molecule has 4 nitrogen and oxygen atoms in total. The van der Waals surface area contributed by atoms with Crippen LogP contribution in [0.25, 0.3) is 0 Å². The van der Waals surface area contributed by atoms with Crippen LogP contribution in [0.2, 0.25) is 0 Å². The van der Waals surface area contributed by atoms with Crippen LogP contribution in [-0.2, 0) is 0 Å². The lowest BCUT2D eigenvalue weighted by Gasteiger charge is -2.07. The van der Waals surface area contributed by atoms with Crippen molar-refractivity contribution in [2.45, 2.75) is 13.8 Å². The second-order valence-corrected chi connectivity index (χ2v) is 3.53. The Morgan fingerprint density at radius 3 is 1.85 bits per heavy atom. The Morgan fingerprint density at radius 1 is 0.950 bits per heavy atom. The molecule has 0 aliphatic rings. The summed E-state index contributed by atoms with van der Waals surface area (Å²) in [5.41, 5.74) is 1.93. The highest BCUT2D eigenvalue weighted by molar-refractivity contribution is 6.00. The summed E-state index contributed by atoms with van der Waals surface area (Å²) in [6.07, 6.45) is 10.1. The maximum Gasteiger partial charge on any atom is 0.152 e.